The maximum absolute atomic E-state index is 12.1. The molecule has 0 saturated heterocycles. The molecule has 5 nitrogen and oxygen atoms in total. The van der Waals surface area contributed by atoms with Gasteiger partial charge in [-0.25, -0.2) is 0 Å². The predicted octanol–water partition coefficient (Wildman–Crippen LogP) is -0.283. The first kappa shape index (κ1) is 16.2. The van der Waals surface area contributed by atoms with E-state index in [4.69, 9.17) is 10.1 Å². The van der Waals surface area contributed by atoms with Gasteiger partial charge in [0.1, 0.15) is 0 Å². The van der Waals surface area contributed by atoms with Crippen molar-refractivity contribution in [3.05, 3.63) is 80.9 Å². The van der Waals surface area contributed by atoms with Gasteiger partial charge in [0.25, 0.3) is 0 Å². The Bertz CT molecular complexity index is 564. The molecule has 0 heterocycles. The van der Waals surface area contributed by atoms with E-state index >= 15 is 0 Å². The molecular formula is C14H8NNaO4. The van der Waals surface area contributed by atoms with Crippen molar-refractivity contribution in [3.8, 4) is 0 Å². The molecular weight excluding hydrogens is 269 g/mol. The van der Waals surface area contributed by atoms with E-state index in [1.54, 1.807) is 48.5 Å². The van der Waals surface area contributed by atoms with Crippen molar-refractivity contribution in [1.82, 2.24) is 0 Å². The van der Waals surface area contributed by atoms with Crippen LogP contribution in [0.2, 0.25) is 0 Å². The number of fused-ring (bicyclic) bond motifs is 2. The predicted molar refractivity (Wildman–Crippen MR) is 68.9 cm³/mol. The van der Waals surface area contributed by atoms with Gasteiger partial charge in [-0.1, -0.05) is 48.5 Å². The summed E-state index contributed by atoms with van der Waals surface area (Å²) in [5.74, 6) is -0.128. The van der Waals surface area contributed by atoms with E-state index in [0.29, 0.717) is 22.3 Å². The summed E-state index contributed by atoms with van der Waals surface area (Å²) in [4.78, 5) is 32.2. The van der Waals surface area contributed by atoms with E-state index in [0.717, 1.165) is 5.34 Å². The molecule has 0 atom stereocenters. The van der Waals surface area contributed by atoms with Crippen molar-refractivity contribution in [3.63, 3.8) is 0 Å². The third-order valence-electron chi connectivity index (χ3n) is 2.83. The van der Waals surface area contributed by atoms with Gasteiger partial charge in [-0.15, -0.1) is 5.34 Å². The average molecular weight is 277 g/mol. The normalized spacial score (nSPS) is 11.2. The van der Waals surface area contributed by atoms with Crippen molar-refractivity contribution in [2.24, 2.45) is 5.34 Å². The zero-order valence-electron chi connectivity index (χ0n) is 10.7. The summed E-state index contributed by atoms with van der Waals surface area (Å²) in [6.45, 7) is 0. The van der Waals surface area contributed by atoms with Gasteiger partial charge in [0.15, 0.2) is 11.6 Å². The average Bonchev–Trinajstić information content (AvgIpc) is 2.46. The minimum Gasteiger partial charge on any atom is -0.444 e. The van der Waals surface area contributed by atoms with Crippen molar-refractivity contribution >= 4 is 11.6 Å². The van der Waals surface area contributed by atoms with Gasteiger partial charge in [0.2, 0.25) is 0 Å². The third kappa shape index (κ3) is 2.85. The number of nitrogens with zero attached hydrogens (tertiary/aromatic N) is 1. The van der Waals surface area contributed by atoms with Crippen molar-refractivity contribution in [2.75, 3.05) is 0 Å². The molecule has 2 aromatic carbocycles. The van der Waals surface area contributed by atoms with Crippen LogP contribution in [0.4, 0.5) is 0 Å². The largest absolute Gasteiger partial charge is 1.00 e. The Morgan fingerprint density at radius 3 is 1.10 bits per heavy atom. The van der Waals surface area contributed by atoms with Gasteiger partial charge in [-0.05, 0) is 0 Å². The number of rotatable bonds is 0. The molecule has 0 unspecified atom stereocenters. The second-order valence-electron chi connectivity index (χ2n) is 3.82. The maximum atomic E-state index is 12.1. The van der Waals surface area contributed by atoms with Crippen LogP contribution < -0.4 is 29.6 Å². The van der Waals surface area contributed by atoms with Crippen molar-refractivity contribution < 1.29 is 39.1 Å². The Labute approximate surface area is 136 Å². The first-order chi connectivity index (χ1) is 9.20. The zero-order valence-corrected chi connectivity index (χ0v) is 12.7. The molecule has 0 aliphatic heterocycles. The van der Waals surface area contributed by atoms with Gasteiger partial charge >= 0.3 is 29.6 Å². The van der Waals surface area contributed by atoms with Crippen LogP contribution in [0.25, 0.3) is 0 Å². The van der Waals surface area contributed by atoms with Crippen molar-refractivity contribution in [1.29, 1.82) is 0 Å². The summed E-state index contributed by atoms with van der Waals surface area (Å²) < 4.78 is 0. The number of benzene rings is 2. The van der Waals surface area contributed by atoms with Crippen LogP contribution >= 0.6 is 0 Å². The molecule has 6 heteroatoms. The number of hydrogen-bond acceptors (Lipinski definition) is 5. The van der Waals surface area contributed by atoms with E-state index < -0.39 is 0 Å². The van der Waals surface area contributed by atoms with Crippen LogP contribution in [0, 0.1) is 10.1 Å². The Kier molecular flexibility index (Phi) is 5.76. The van der Waals surface area contributed by atoms with E-state index in [9.17, 15) is 9.59 Å². The van der Waals surface area contributed by atoms with Gasteiger partial charge in [-0.3, -0.25) is 9.59 Å². The topological polar surface area (TPSA) is 86.6 Å². The molecule has 0 N–H and O–H groups in total. The van der Waals surface area contributed by atoms with Crippen LogP contribution in [0.15, 0.2) is 53.9 Å². The van der Waals surface area contributed by atoms with Crippen LogP contribution in [-0.2, 0) is 0 Å². The Hall–Kier alpha value is -1.82. The zero-order chi connectivity index (χ0) is 13.8. The standard InChI is InChI=1S/C14H8O2.HNO2.Na/c15-13-9-5-1-2-6-10(9)14(16)12-8-4-3-7-11(12)13;2-1-3;/h1-8H;(H,2,3);/q;;+1/p-1. The molecule has 0 aromatic heterocycles. The molecule has 0 saturated carbocycles. The summed E-state index contributed by atoms with van der Waals surface area (Å²) in [5.41, 5.74) is 2.02. The molecule has 0 spiro atoms. The van der Waals surface area contributed by atoms with Crippen LogP contribution in [-0.4, -0.2) is 11.6 Å². The first-order valence-electron chi connectivity index (χ1n) is 5.43. The summed E-state index contributed by atoms with van der Waals surface area (Å²) in [5, 5.41) is 9.00. The van der Waals surface area contributed by atoms with Crippen LogP contribution in [0.5, 0.6) is 0 Å². The number of carbonyl (C=O) groups is 2. The smallest absolute Gasteiger partial charge is 0.444 e. The fourth-order valence-electron chi connectivity index (χ4n) is 2.05. The van der Waals surface area contributed by atoms with Crippen LogP contribution in [0.1, 0.15) is 31.8 Å². The third-order valence-corrected chi connectivity index (χ3v) is 2.83. The Morgan fingerprint density at radius 2 is 0.900 bits per heavy atom. The van der Waals surface area contributed by atoms with E-state index in [1.807, 2.05) is 0 Å². The van der Waals surface area contributed by atoms with Crippen LogP contribution in [0.3, 0.4) is 0 Å². The molecule has 0 fully saturated rings. The summed E-state index contributed by atoms with van der Waals surface area (Å²) in [6.07, 6.45) is 0. The SMILES string of the molecule is O=C1c2ccccc2C(=O)c2ccccc21.O=N[O-].[Na+]. The van der Waals surface area contributed by atoms with E-state index in [1.165, 1.54) is 0 Å². The van der Waals surface area contributed by atoms with E-state index in [-0.39, 0.29) is 41.1 Å². The van der Waals surface area contributed by atoms with E-state index in [2.05, 4.69) is 0 Å². The van der Waals surface area contributed by atoms with Gasteiger partial charge < -0.3 is 10.1 Å². The fraction of sp³-hybridized carbons (Fsp3) is 0. The molecule has 0 amide bonds. The quantitative estimate of drug-likeness (QED) is 0.321. The summed E-state index contributed by atoms with van der Waals surface area (Å²) in [6, 6.07) is 13.9. The summed E-state index contributed by atoms with van der Waals surface area (Å²) in [7, 11) is 0. The Balaban J connectivity index is 0.000000462. The first-order valence-corrected chi connectivity index (χ1v) is 5.43. The number of ketones is 2. The molecule has 3 rings (SSSR count). The fourth-order valence-corrected chi connectivity index (χ4v) is 2.05. The van der Waals surface area contributed by atoms with Gasteiger partial charge in [-0.2, -0.15) is 0 Å². The van der Waals surface area contributed by atoms with Gasteiger partial charge in [0, 0.05) is 22.3 Å². The minimum atomic E-state index is -0.0641. The number of hydrogen-bond donors (Lipinski definition) is 0. The second kappa shape index (κ2) is 7.09. The number of carbonyl (C=O) groups excluding carboxylic acids is 2. The summed E-state index contributed by atoms with van der Waals surface area (Å²) >= 11 is 0. The monoisotopic (exact) mass is 277 g/mol. The molecule has 1 aliphatic carbocycles. The molecule has 94 valence electrons. The molecule has 20 heavy (non-hydrogen) atoms. The van der Waals surface area contributed by atoms with Crippen molar-refractivity contribution in [2.45, 2.75) is 0 Å². The maximum Gasteiger partial charge on any atom is 1.00 e. The molecule has 1 aliphatic rings. The molecule has 2 aromatic rings. The molecule has 0 radical (unpaired) electrons. The molecule has 0 bridgehead atoms. The van der Waals surface area contributed by atoms with Gasteiger partial charge in [0.05, 0.1) is 0 Å². The Morgan fingerprint density at radius 1 is 0.700 bits per heavy atom. The minimum absolute atomic E-state index is 0. The second-order valence-corrected chi connectivity index (χ2v) is 3.82.